The molecule has 3 nitrogen and oxygen atoms in total. The van der Waals surface area contributed by atoms with Crippen LogP contribution in [0, 0.1) is 5.92 Å². The summed E-state index contributed by atoms with van der Waals surface area (Å²) in [6.45, 7) is 5.66. The van der Waals surface area contributed by atoms with Crippen molar-refractivity contribution in [3.63, 3.8) is 0 Å². The van der Waals surface area contributed by atoms with Gasteiger partial charge in [0.05, 0.1) is 6.10 Å². The SMILES string of the molecule is CC(C)Oc1ccc(C(=O)N2CCCC(CCCl)C2)cc1. The third kappa shape index (κ3) is 4.63. The second kappa shape index (κ2) is 7.69. The first kappa shape index (κ1) is 16.2. The minimum absolute atomic E-state index is 0.116. The highest BCUT2D eigenvalue weighted by Gasteiger charge is 2.24. The summed E-state index contributed by atoms with van der Waals surface area (Å²) in [7, 11) is 0. The number of alkyl halides is 1. The molecule has 116 valence electrons. The molecule has 0 N–H and O–H groups in total. The zero-order valence-corrected chi connectivity index (χ0v) is 13.6. The molecule has 1 amide bonds. The van der Waals surface area contributed by atoms with Crippen LogP contribution in [0.25, 0.3) is 0 Å². The van der Waals surface area contributed by atoms with E-state index in [2.05, 4.69) is 0 Å². The smallest absolute Gasteiger partial charge is 0.253 e. The Morgan fingerprint density at radius 2 is 2.10 bits per heavy atom. The Morgan fingerprint density at radius 3 is 2.71 bits per heavy atom. The normalized spacial score (nSPS) is 18.9. The molecular weight excluding hydrogens is 286 g/mol. The second-order valence-electron chi connectivity index (χ2n) is 5.93. The summed E-state index contributed by atoms with van der Waals surface area (Å²) in [5.41, 5.74) is 0.734. The van der Waals surface area contributed by atoms with E-state index >= 15 is 0 Å². The van der Waals surface area contributed by atoms with Crippen molar-refractivity contribution in [3.8, 4) is 5.75 Å². The molecule has 0 bridgehead atoms. The number of benzene rings is 1. The van der Waals surface area contributed by atoms with Gasteiger partial charge in [-0.2, -0.15) is 0 Å². The third-order valence-electron chi connectivity index (χ3n) is 3.80. The standard InChI is InChI=1S/C17H24ClNO2/c1-13(2)21-16-7-5-15(6-8-16)17(20)19-11-3-4-14(12-19)9-10-18/h5-8,13-14H,3-4,9-12H2,1-2H3. The monoisotopic (exact) mass is 309 g/mol. The number of halogens is 1. The van der Waals surface area contributed by atoms with Crippen molar-refractivity contribution < 1.29 is 9.53 Å². The van der Waals surface area contributed by atoms with Gasteiger partial charge in [-0.25, -0.2) is 0 Å². The summed E-state index contributed by atoms with van der Waals surface area (Å²) in [5, 5.41) is 0. The highest BCUT2D eigenvalue weighted by molar-refractivity contribution is 6.17. The fraction of sp³-hybridized carbons (Fsp3) is 0.588. The first-order valence-electron chi connectivity index (χ1n) is 7.72. The summed E-state index contributed by atoms with van der Waals surface area (Å²) in [6, 6.07) is 7.44. The zero-order chi connectivity index (χ0) is 15.2. The van der Waals surface area contributed by atoms with Crippen LogP contribution in [0.2, 0.25) is 0 Å². The molecule has 1 saturated heterocycles. The van der Waals surface area contributed by atoms with Crippen LogP contribution in [0.1, 0.15) is 43.5 Å². The molecule has 21 heavy (non-hydrogen) atoms. The lowest BCUT2D eigenvalue weighted by Crippen LogP contribution is -2.40. The van der Waals surface area contributed by atoms with E-state index in [1.54, 1.807) is 0 Å². The molecule has 1 unspecified atom stereocenters. The van der Waals surface area contributed by atoms with Crippen molar-refractivity contribution in [2.75, 3.05) is 19.0 Å². The van der Waals surface area contributed by atoms with Crippen molar-refractivity contribution >= 4 is 17.5 Å². The van der Waals surface area contributed by atoms with Crippen molar-refractivity contribution in [2.45, 2.75) is 39.2 Å². The van der Waals surface area contributed by atoms with Crippen LogP contribution in [-0.2, 0) is 0 Å². The van der Waals surface area contributed by atoms with Gasteiger partial charge in [-0.1, -0.05) is 0 Å². The van der Waals surface area contributed by atoms with E-state index in [0.29, 0.717) is 11.8 Å². The fourth-order valence-corrected chi connectivity index (χ4v) is 3.08. The van der Waals surface area contributed by atoms with Gasteiger partial charge in [-0.3, -0.25) is 4.79 Å². The van der Waals surface area contributed by atoms with E-state index in [1.165, 1.54) is 6.42 Å². The summed E-state index contributed by atoms with van der Waals surface area (Å²) < 4.78 is 5.60. The van der Waals surface area contributed by atoms with Gasteiger partial charge >= 0.3 is 0 Å². The van der Waals surface area contributed by atoms with Crippen LogP contribution < -0.4 is 4.74 Å². The largest absolute Gasteiger partial charge is 0.491 e. The number of likely N-dealkylation sites (tertiary alicyclic amines) is 1. The molecule has 1 aliphatic rings. The maximum Gasteiger partial charge on any atom is 0.253 e. The summed E-state index contributed by atoms with van der Waals surface area (Å²) in [5.74, 6) is 2.14. The average Bonchev–Trinajstić information content (AvgIpc) is 2.47. The van der Waals surface area contributed by atoms with Gasteiger partial charge in [0.2, 0.25) is 0 Å². The molecule has 0 saturated carbocycles. The zero-order valence-electron chi connectivity index (χ0n) is 12.8. The first-order valence-corrected chi connectivity index (χ1v) is 8.25. The minimum atomic E-state index is 0.116. The number of hydrogen-bond acceptors (Lipinski definition) is 2. The van der Waals surface area contributed by atoms with Gasteiger partial charge < -0.3 is 9.64 Å². The molecule has 4 heteroatoms. The topological polar surface area (TPSA) is 29.5 Å². The van der Waals surface area contributed by atoms with E-state index in [4.69, 9.17) is 16.3 Å². The predicted octanol–water partition coefficient (Wildman–Crippen LogP) is 3.95. The van der Waals surface area contributed by atoms with Gasteiger partial charge in [0.1, 0.15) is 5.75 Å². The number of hydrogen-bond donors (Lipinski definition) is 0. The maximum absolute atomic E-state index is 12.5. The summed E-state index contributed by atoms with van der Waals surface area (Å²) in [6.07, 6.45) is 3.39. The minimum Gasteiger partial charge on any atom is -0.491 e. The molecule has 0 spiro atoms. The van der Waals surface area contributed by atoms with Gasteiger partial charge in [0.15, 0.2) is 0 Å². The predicted molar refractivity (Wildman–Crippen MR) is 86.2 cm³/mol. The second-order valence-corrected chi connectivity index (χ2v) is 6.31. The third-order valence-corrected chi connectivity index (χ3v) is 4.01. The lowest BCUT2D eigenvalue weighted by molar-refractivity contribution is 0.0671. The van der Waals surface area contributed by atoms with Crippen molar-refractivity contribution in [1.82, 2.24) is 4.90 Å². The highest BCUT2D eigenvalue weighted by atomic mass is 35.5. The highest BCUT2D eigenvalue weighted by Crippen LogP contribution is 2.22. The molecule has 1 aromatic carbocycles. The van der Waals surface area contributed by atoms with Gasteiger partial charge in [0.25, 0.3) is 5.91 Å². The maximum atomic E-state index is 12.5. The molecule has 0 aromatic heterocycles. The Hall–Kier alpha value is -1.22. The Labute approximate surface area is 132 Å². The number of amides is 1. The Balaban J connectivity index is 1.98. The molecule has 0 radical (unpaired) electrons. The number of piperidine rings is 1. The number of carbonyl (C=O) groups excluding carboxylic acids is 1. The van der Waals surface area contributed by atoms with E-state index in [0.717, 1.165) is 37.2 Å². The van der Waals surface area contributed by atoms with E-state index < -0.39 is 0 Å². The lowest BCUT2D eigenvalue weighted by atomic mass is 9.95. The first-order chi connectivity index (χ1) is 10.1. The van der Waals surface area contributed by atoms with E-state index in [9.17, 15) is 4.79 Å². The van der Waals surface area contributed by atoms with Crippen LogP contribution in [0.4, 0.5) is 0 Å². The average molecular weight is 310 g/mol. The number of nitrogens with zero attached hydrogens (tertiary/aromatic N) is 1. The fourth-order valence-electron chi connectivity index (χ4n) is 2.77. The molecule has 1 heterocycles. The molecule has 1 atom stereocenters. The summed E-state index contributed by atoms with van der Waals surface area (Å²) in [4.78, 5) is 14.5. The Bertz CT molecular complexity index is 456. The quantitative estimate of drug-likeness (QED) is 0.771. The van der Waals surface area contributed by atoms with E-state index in [-0.39, 0.29) is 12.0 Å². The van der Waals surface area contributed by atoms with Crippen molar-refractivity contribution in [1.29, 1.82) is 0 Å². The molecule has 0 aliphatic carbocycles. The van der Waals surface area contributed by atoms with Crippen LogP contribution >= 0.6 is 11.6 Å². The van der Waals surface area contributed by atoms with Crippen LogP contribution in [-0.4, -0.2) is 35.9 Å². The molecule has 1 aromatic rings. The molecular formula is C17H24ClNO2. The van der Waals surface area contributed by atoms with Crippen LogP contribution in [0.15, 0.2) is 24.3 Å². The number of carbonyl (C=O) groups is 1. The van der Waals surface area contributed by atoms with Crippen LogP contribution in [0.5, 0.6) is 5.75 Å². The van der Waals surface area contributed by atoms with Crippen LogP contribution in [0.3, 0.4) is 0 Å². The van der Waals surface area contributed by atoms with Gasteiger partial charge in [0, 0.05) is 24.5 Å². The Morgan fingerprint density at radius 1 is 1.38 bits per heavy atom. The summed E-state index contributed by atoms with van der Waals surface area (Å²) >= 11 is 5.82. The van der Waals surface area contributed by atoms with E-state index in [1.807, 2.05) is 43.0 Å². The van der Waals surface area contributed by atoms with Crippen molar-refractivity contribution in [3.05, 3.63) is 29.8 Å². The number of ether oxygens (including phenoxy) is 1. The molecule has 1 fully saturated rings. The molecule has 1 aliphatic heterocycles. The number of rotatable bonds is 5. The lowest BCUT2D eigenvalue weighted by Gasteiger charge is -2.32. The Kier molecular flexibility index (Phi) is 5.92. The van der Waals surface area contributed by atoms with Gasteiger partial charge in [-0.05, 0) is 63.3 Å². The van der Waals surface area contributed by atoms with Gasteiger partial charge in [-0.15, -0.1) is 11.6 Å². The molecule has 2 rings (SSSR count). The van der Waals surface area contributed by atoms with Crippen molar-refractivity contribution in [2.24, 2.45) is 5.92 Å².